The van der Waals surface area contributed by atoms with E-state index in [0.29, 0.717) is 6.04 Å². The van der Waals surface area contributed by atoms with Gasteiger partial charge in [0.15, 0.2) is 0 Å². The van der Waals surface area contributed by atoms with E-state index in [1.54, 1.807) is 23.9 Å². The molecule has 0 aromatic heterocycles. The minimum absolute atomic E-state index is 0.00851. The van der Waals surface area contributed by atoms with Crippen LogP contribution in [0.1, 0.15) is 43.0 Å². The first-order chi connectivity index (χ1) is 10.2. The van der Waals surface area contributed by atoms with Crippen LogP contribution in [0.5, 0.6) is 0 Å². The van der Waals surface area contributed by atoms with Crippen molar-refractivity contribution in [2.75, 3.05) is 12.3 Å². The Balaban J connectivity index is 1.65. The third-order valence-corrected chi connectivity index (χ3v) is 5.50. The van der Waals surface area contributed by atoms with E-state index in [1.165, 1.54) is 31.4 Å². The van der Waals surface area contributed by atoms with Gasteiger partial charge in [-0.2, -0.15) is 0 Å². The molecule has 0 radical (unpaired) electrons. The van der Waals surface area contributed by atoms with Crippen molar-refractivity contribution in [3.8, 4) is 0 Å². The summed E-state index contributed by atoms with van der Waals surface area (Å²) in [6.07, 6.45) is 5.88. The van der Waals surface area contributed by atoms with E-state index in [9.17, 15) is 9.18 Å². The van der Waals surface area contributed by atoms with Gasteiger partial charge >= 0.3 is 6.03 Å². The lowest BCUT2D eigenvalue weighted by Gasteiger charge is -2.29. The number of nitrogens with zero attached hydrogens (tertiary/aromatic N) is 1. The van der Waals surface area contributed by atoms with E-state index in [1.807, 2.05) is 4.90 Å². The van der Waals surface area contributed by atoms with Crippen LogP contribution >= 0.6 is 11.8 Å². The maximum absolute atomic E-state index is 13.0. The average Bonchev–Trinajstić information content (AvgIpc) is 2.98. The molecule has 2 fully saturated rings. The van der Waals surface area contributed by atoms with Crippen molar-refractivity contribution in [1.29, 1.82) is 0 Å². The highest BCUT2D eigenvalue weighted by atomic mass is 32.2. The summed E-state index contributed by atoms with van der Waals surface area (Å²) in [6.45, 7) is 0.755. The van der Waals surface area contributed by atoms with E-state index in [-0.39, 0.29) is 17.2 Å². The molecule has 1 aliphatic heterocycles. The van der Waals surface area contributed by atoms with E-state index < -0.39 is 0 Å². The summed E-state index contributed by atoms with van der Waals surface area (Å²) in [5.41, 5.74) is 0.998. The first-order valence-electron chi connectivity index (χ1n) is 7.68. The Hall–Kier alpha value is -1.23. The van der Waals surface area contributed by atoms with Crippen LogP contribution in [0.2, 0.25) is 0 Å². The van der Waals surface area contributed by atoms with Gasteiger partial charge in [-0.1, -0.05) is 31.4 Å². The van der Waals surface area contributed by atoms with Gasteiger partial charge in [-0.05, 0) is 30.5 Å². The Morgan fingerprint density at radius 3 is 2.62 bits per heavy atom. The molecular formula is C16H21FN2OS. The number of rotatable bonds is 2. The lowest BCUT2D eigenvalue weighted by molar-refractivity contribution is 0.192. The number of hydrogen-bond acceptors (Lipinski definition) is 2. The van der Waals surface area contributed by atoms with Gasteiger partial charge < -0.3 is 10.2 Å². The first-order valence-corrected chi connectivity index (χ1v) is 8.73. The molecule has 0 spiro atoms. The molecule has 0 bridgehead atoms. The number of benzene rings is 1. The Morgan fingerprint density at radius 2 is 1.90 bits per heavy atom. The number of carbonyl (C=O) groups is 1. The molecule has 3 nitrogen and oxygen atoms in total. The molecule has 1 aromatic carbocycles. The Bertz CT molecular complexity index is 488. The Morgan fingerprint density at radius 1 is 1.19 bits per heavy atom. The van der Waals surface area contributed by atoms with Crippen LogP contribution in [0.25, 0.3) is 0 Å². The SMILES string of the molecule is O=C(NC1CCCCC1)N1CCSC1c1ccc(F)cc1. The monoisotopic (exact) mass is 308 g/mol. The third-order valence-electron chi connectivity index (χ3n) is 4.24. The Labute approximate surface area is 129 Å². The number of amides is 2. The summed E-state index contributed by atoms with van der Waals surface area (Å²) < 4.78 is 13.0. The molecule has 1 unspecified atom stereocenters. The van der Waals surface area contributed by atoms with E-state index >= 15 is 0 Å². The highest BCUT2D eigenvalue weighted by Gasteiger charge is 2.31. The molecule has 1 N–H and O–H groups in total. The smallest absolute Gasteiger partial charge is 0.318 e. The van der Waals surface area contributed by atoms with Crippen molar-refractivity contribution in [2.24, 2.45) is 0 Å². The zero-order valence-electron chi connectivity index (χ0n) is 12.1. The third kappa shape index (κ3) is 3.51. The lowest BCUT2D eigenvalue weighted by Crippen LogP contribution is -2.45. The van der Waals surface area contributed by atoms with Crippen molar-refractivity contribution in [1.82, 2.24) is 10.2 Å². The van der Waals surface area contributed by atoms with Crippen LogP contribution in [0.15, 0.2) is 24.3 Å². The van der Waals surface area contributed by atoms with Crippen LogP contribution < -0.4 is 5.32 Å². The number of halogens is 1. The molecule has 2 aliphatic rings. The fraction of sp³-hybridized carbons (Fsp3) is 0.562. The summed E-state index contributed by atoms with van der Waals surface area (Å²) in [5.74, 6) is 0.695. The second kappa shape index (κ2) is 6.69. The van der Waals surface area contributed by atoms with Gasteiger partial charge in [-0.15, -0.1) is 11.8 Å². The molecule has 1 saturated carbocycles. The number of urea groups is 1. The molecular weight excluding hydrogens is 287 g/mol. The molecule has 114 valence electrons. The summed E-state index contributed by atoms with van der Waals surface area (Å²) in [5, 5.41) is 3.18. The minimum atomic E-state index is -0.236. The number of carbonyl (C=O) groups excluding carboxylic acids is 1. The molecule has 21 heavy (non-hydrogen) atoms. The van der Waals surface area contributed by atoms with Crippen molar-refractivity contribution >= 4 is 17.8 Å². The average molecular weight is 308 g/mol. The summed E-state index contributed by atoms with van der Waals surface area (Å²) in [7, 11) is 0. The fourth-order valence-corrected chi connectivity index (χ4v) is 4.34. The summed E-state index contributed by atoms with van der Waals surface area (Å²) in [4.78, 5) is 14.4. The van der Waals surface area contributed by atoms with Gasteiger partial charge in [-0.25, -0.2) is 9.18 Å². The van der Waals surface area contributed by atoms with Gasteiger partial charge in [0.05, 0.1) is 0 Å². The quantitative estimate of drug-likeness (QED) is 0.898. The molecule has 1 saturated heterocycles. The predicted molar refractivity (Wildman–Crippen MR) is 83.7 cm³/mol. The van der Waals surface area contributed by atoms with Gasteiger partial charge in [0.25, 0.3) is 0 Å². The molecule has 1 heterocycles. The number of nitrogens with one attached hydrogen (secondary N) is 1. The lowest BCUT2D eigenvalue weighted by atomic mass is 9.96. The zero-order valence-corrected chi connectivity index (χ0v) is 12.9. The van der Waals surface area contributed by atoms with Crippen LogP contribution in [-0.2, 0) is 0 Å². The number of hydrogen-bond donors (Lipinski definition) is 1. The van der Waals surface area contributed by atoms with Crippen molar-refractivity contribution < 1.29 is 9.18 Å². The first kappa shape index (κ1) is 14.7. The van der Waals surface area contributed by atoms with Crippen molar-refractivity contribution in [3.63, 3.8) is 0 Å². The normalized spacial score (nSPS) is 23.3. The van der Waals surface area contributed by atoms with Gasteiger partial charge in [0, 0.05) is 18.3 Å². The predicted octanol–water partition coefficient (Wildman–Crippen LogP) is 3.92. The molecule has 1 atom stereocenters. The van der Waals surface area contributed by atoms with Crippen LogP contribution in [-0.4, -0.2) is 29.3 Å². The molecule has 1 aromatic rings. The van der Waals surface area contributed by atoms with Gasteiger partial charge in [-0.3, -0.25) is 0 Å². The highest BCUT2D eigenvalue weighted by molar-refractivity contribution is 7.99. The largest absolute Gasteiger partial charge is 0.335 e. The zero-order chi connectivity index (χ0) is 14.7. The fourth-order valence-electron chi connectivity index (χ4n) is 3.09. The molecule has 5 heteroatoms. The van der Waals surface area contributed by atoms with Crippen LogP contribution in [0.4, 0.5) is 9.18 Å². The maximum Gasteiger partial charge on any atom is 0.318 e. The summed E-state index contributed by atoms with van der Waals surface area (Å²) >= 11 is 1.74. The highest BCUT2D eigenvalue weighted by Crippen LogP contribution is 2.37. The second-order valence-corrected chi connectivity index (χ2v) is 6.94. The minimum Gasteiger partial charge on any atom is -0.335 e. The van der Waals surface area contributed by atoms with Crippen molar-refractivity contribution in [2.45, 2.75) is 43.5 Å². The van der Waals surface area contributed by atoms with Gasteiger partial charge in [0.2, 0.25) is 0 Å². The second-order valence-electron chi connectivity index (χ2n) is 5.75. The molecule has 1 aliphatic carbocycles. The van der Waals surface area contributed by atoms with E-state index in [4.69, 9.17) is 0 Å². The molecule has 3 rings (SSSR count). The summed E-state index contributed by atoms with van der Waals surface area (Å²) in [6, 6.07) is 6.84. The van der Waals surface area contributed by atoms with Crippen molar-refractivity contribution in [3.05, 3.63) is 35.6 Å². The Kier molecular flexibility index (Phi) is 4.68. The molecule has 2 amide bonds. The van der Waals surface area contributed by atoms with E-state index in [2.05, 4.69) is 5.32 Å². The van der Waals surface area contributed by atoms with Crippen LogP contribution in [0, 0.1) is 5.82 Å². The van der Waals surface area contributed by atoms with Crippen LogP contribution in [0.3, 0.4) is 0 Å². The maximum atomic E-state index is 13.0. The van der Waals surface area contributed by atoms with Gasteiger partial charge in [0.1, 0.15) is 11.2 Å². The standard InChI is InChI=1S/C16H21FN2OS/c17-13-8-6-12(7-9-13)15-19(10-11-21-15)16(20)18-14-4-2-1-3-5-14/h6-9,14-15H,1-5,10-11H2,(H,18,20). The van der Waals surface area contributed by atoms with E-state index in [0.717, 1.165) is 30.7 Å². The topological polar surface area (TPSA) is 32.3 Å². The number of thioether (sulfide) groups is 1.